The highest BCUT2D eigenvalue weighted by atomic mass is 15.2. The lowest BCUT2D eigenvalue weighted by molar-refractivity contribution is 0.296. The summed E-state index contributed by atoms with van der Waals surface area (Å²) in [6.07, 6.45) is 7.85. The summed E-state index contributed by atoms with van der Waals surface area (Å²) in [5, 5.41) is 0. The smallest absolute Gasteiger partial charge is 0.0230 e. The monoisotopic (exact) mass is 208 g/mol. The third-order valence-electron chi connectivity index (χ3n) is 2.97. The summed E-state index contributed by atoms with van der Waals surface area (Å²) in [5.41, 5.74) is 1.43. The Balaban J connectivity index is 2.43. The molecule has 0 N–H and O–H groups in total. The van der Waals surface area contributed by atoms with Crippen LogP contribution >= 0.6 is 0 Å². The maximum absolute atomic E-state index is 2.55. The Bertz CT molecular complexity index is 231. The zero-order valence-corrected chi connectivity index (χ0v) is 10.4. The number of hydrogen-bond donors (Lipinski definition) is 0. The van der Waals surface area contributed by atoms with Gasteiger partial charge in [-0.15, -0.1) is 0 Å². The topological polar surface area (TPSA) is 6.48 Å². The molecule has 1 aliphatic heterocycles. The highest BCUT2D eigenvalue weighted by molar-refractivity contribution is 5.19. The van der Waals surface area contributed by atoms with Gasteiger partial charge in [-0.05, 0) is 46.0 Å². The van der Waals surface area contributed by atoms with Crippen molar-refractivity contribution in [2.24, 2.45) is 0 Å². The molecule has 0 amide bonds. The minimum absolute atomic E-state index is 1.11. The van der Waals surface area contributed by atoms with Crippen molar-refractivity contribution < 1.29 is 0 Å². The van der Waals surface area contributed by atoms with Gasteiger partial charge in [0, 0.05) is 19.6 Å². The molecule has 1 fully saturated rings. The quantitative estimate of drug-likeness (QED) is 0.656. The van der Waals surface area contributed by atoms with Crippen LogP contribution in [0.2, 0.25) is 0 Å². The number of nitrogens with zero attached hydrogens (tertiary/aromatic N) is 2. The lowest BCUT2D eigenvalue weighted by Gasteiger charge is -2.20. The van der Waals surface area contributed by atoms with Crippen molar-refractivity contribution >= 4 is 0 Å². The third kappa shape index (κ3) is 4.63. The standard InChI is InChI=1S/C13H24N2/c1-4-7-13(5-2)12-15-9-6-8-14(3)10-11-15/h4-5,7H,6,8-12H2,1-3H3/b7-4-,13-5+. The van der Waals surface area contributed by atoms with E-state index in [2.05, 4.69) is 48.9 Å². The largest absolute Gasteiger partial charge is 0.305 e. The molecule has 0 atom stereocenters. The Kier molecular flexibility index (Phi) is 5.66. The first-order valence-corrected chi connectivity index (χ1v) is 5.95. The van der Waals surface area contributed by atoms with E-state index in [4.69, 9.17) is 0 Å². The van der Waals surface area contributed by atoms with Gasteiger partial charge in [0.1, 0.15) is 0 Å². The number of hydrogen-bond acceptors (Lipinski definition) is 2. The zero-order chi connectivity index (χ0) is 11.1. The second-order valence-electron chi connectivity index (χ2n) is 4.30. The minimum atomic E-state index is 1.11. The van der Waals surface area contributed by atoms with E-state index in [1.165, 1.54) is 38.2 Å². The Hall–Kier alpha value is -0.600. The average Bonchev–Trinajstić information content (AvgIpc) is 2.43. The van der Waals surface area contributed by atoms with Gasteiger partial charge in [-0.3, -0.25) is 4.90 Å². The van der Waals surface area contributed by atoms with E-state index in [9.17, 15) is 0 Å². The second kappa shape index (κ2) is 6.81. The first kappa shape index (κ1) is 12.5. The average molecular weight is 208 g/mol. The molecule has 1 heterocycles. The molecule has 0 aromatic rings. The summed E-state index contributed by atoms with van der Waals surface area (Å²) in [4.78, 5) is 4.98. The van der Waals surface area contributed by atoms with Gasteiger partial charge in [0.2, 0.25) is 0 Å². The number of allylic oxidation sites excluding steroid dienone is 2. The molecular weight excluding hydrogens is 184 g/mol. The van der Waals surface area contributed by atoms with Crippen LogP contribution in [0, 0.1) is 0 Å². The molecule has 0 spiro atoms. The summed E-state index contributed by atoms with van der Waals surface area (Å²) in [5.74, 6) is 0. The number of rotatable bonds is 3. The van der Waals surface area contributed by atoms with E-state index in [0.717, 1.165) is 6.54 Å². The van der Waals surface area contributed by atoms with E-state index in [1.807, 2.05) is 0 Å². The summed E-state index contributed by atoms with van der Waals surface area (Å²) < 4.78 is 0. The molecular formula is C13H24N2. The van der Waals surface area contributed by atoms with Crippen LogP contribution in [0.15, 0.2) is 23.8 Å². The lowest BCUT2D eigenvalue weighted by Crippen LogP contribution is -2.30. The van der Waals surface area contributed by atoms with Crippen LogP contribution in [0.25, 0.3) is 0 Å². The van der Waals surface area contributed by atoms with Crippen molar-refractivity contribution in [1.82, 2.24) is 9.80 Å². The summed E-state index contributed by atoms with van der Waals surface area (Å²) in [6.45, 7) is 10.2. The highest BCUT2D eigenvalue weighted by Crippen LogP contribution is 2.06. The first-order chi connectivity index (χ1) is 7.26. The summed E-state index contributed by atoms with van der Waals surface area (Å²) in [6, 6.07) is 0. The van der Waals surface area contributed by atoms with Crippen molar-refractivity contribution in [2.75, 3.05) is 39.8 Å². The van der Waals surface area contributed by atoms with Crippen molar-refractivity contribution in [1.29, 1.82) is 0 Å². The maximum atomic E-state index is 2.55. The van der Waals surface area contributed by atoms with Crippen LogP contribution in [0.3, 0.4) is 0 Å². The Labute approximate surface area is 94.3 Å². The SMILES string of the molecule is C/C=C\C(=C/C)CN1CCCN(C)CC1. The van der Waals surface area contributed by atoms with Crippen molar-refractivity contribution in [3.05, 3.63) is 23.8 Å². The predicted octanol–water partition coefficient (Wildman–Crippen LogP) is 2.15. The molecule has 0 radical (unpaired) electrons. The first-order valence-electron chi connectivity index (χ1n) is 5.95. The molecule has 0 bridgehead atoms. The predicted molar refractivity (Wildman–Crippen MR) is 67.1 cm³/mol. The number of likely N-dealkylation sites (N-methyl/N-ethyl adjacent to an activating group) is 1. The fourth-order valence-electron chi connectivity index (χ4n) is 1.97. The minimum Gasteiger partial charge on any atom is -0.305 e. The van der Waals surface area contributed by atoms with E-state index >= 15 is 0 Å². The molecule has 0 saturated carbocycles. The van der Waals surface area contributed by atoms with Gasteiger partial charge in [0.15, 0.2) is 0 Å². The van der Waals surface area contributed by atoms with Crippen molar-refractivity contribution in [3.63, 3.8) is 0 Å². The molecule has 2 heteroatoms. The lowest BCUT2D eigenvalue weighted by atomic mass is 10.2. The van der Waals surface area contributed by atoms with Gasteiger partial charge < -0.3 is 4.90 Å². The van der Waals surface area contributed by atoms with Crippen LogP contribution in [0.5, 0.6) is 0 Å². The molecule has 1 aliphatic rings. The van der Waals surface area contributed by atoms with Crippen LogP contribution < -0.4 is 0 Å². The van der Waals surface area contributed by atoms with Crippen molar-refractivity contribution in [3.8, 4) is 0 Å². The molecule has 15 heavy (non-hydrogen) atoms. The second-order valence-corrected chi connectivity index (χ2v) is 4.30. The van der Waals surface area contributed by atoms with Crippen molar-refractivity contribution in [2.45, 2.75) is 20.3 Å². The van der Waals surface area contributed by atoms with Gasteiger partial charge in [-0.2, -0.15) is 0 Å². The van der Waals surface area contributed by atoms with Gasteiger partial charge in [0.25, 0.3) is 0 Å². The summed E-state index contributed by atoms with van der Waals surface area (Å²) >= 11 is 0. The Morgan fingerprint density at radius 1 is 1.13 bits per heavy atom. The van der Waals surface area contributed by atoms with Gasteiger partial charge >= 0.3 is 0 Å². The van der Waals surface area contributed by atoms with Crippen LogP contribution in [0.4, 0.5) is 0 Å². The van der Waals surface area contributed by atoms with E-state index in [1.54, 1.807) is 0 Å². The normalized spacial score (nSPS) is 22.2. The molecule has 86 valence electrons. The summed E-state index contributed by atoms with van der Waals surface area (Å²) in [7, 11) is 2.21. The van der Waals surface area contributed by atoms with Gasteiger partial charge in [-0.25, -0.2) is 0 Å². The van der Waals surface area contributed by atoms with E-state index < -0.39 is 0 Å². The highest BCUT2D eigenvalue weighted by Gasteiger charge is 2.11. The molecule has 0 unspecified atom stereocenters. The molecule has 0 aromatic heterocycles. The fourth-order valence-corrected chi connectivity index (χ4v) is 1.97. The Morgan fingerprint density at radius 3 is 2.60 bits per heavy atom. The molecule has 0 aromatic carbocycles. The van der Waals surface area contributed by atoms with Crippen LogP contribution in [-0.2, 0) is 0 Å². The molecule has 2 nitrogen and oxygen atoms in total. The van der Waals surface area contributed by atoms with Crippen LogP contribution in [-0.4, -0.2) is 49.6 Å². The third-order valence-corrected chi connectivity index (χ3v) is 2.97. The van der Waals surface area contributed by atoms with Gasteiger partial charge in [-0.1, -0.05) is 18.2 Å². The van der Waals surface area contributed by atoms with E-state index in [0.29, 0.717) is 0 Å². The van der Waals surface area contributed by atoms with E-state index in [-0.39, 0.29) is 0 Å². The Morgan fingerprint density at radius 2 is 1.93 bits per heavy atom. The molecule has 0 aliphatic carbocycles. The van der Waals surface area contributed by atoms with Crippen LogP contribution in [0.1, 0.15) is 20.3 Å². The zero-order valence-electron chi connectivity index (χ0n) is 10.4. The molecule has 1 saturated heterocycles. The fraction of sp³-hybridized carbons (Fsp3) is 0.692. The maximum Gasteiger partial charge on any atom is 0.0230 e. The van der Waals surface area contributed by atoms with Gasteiger partial charge in [0.05, 0.1) is 0 Å². The molecule has 1 rings (SSSR count).